The van der Waals surface area contributed by atoms with E-state index in [9.17, 15) is 22.8 Å². The van der Waals surface area contributed by atoms with Crippen molar-refractivity contribution >= 4 is 17.6 Å². The minimum absolute atomic E-state index is 0.0264. The van der Waals surface area contributed by atoms with Crippen LogP contribution in [0.15, 0.2) is 0 Å². The molecule has 2 N–H and O–H groups in total. The number of hydrogen-bond donors (Lipinski definition) is 2. The zero-order valence-corrected chi connectivity index (χ0v) is 14.1. The van der Waals surface area contributed by atoms with E-state index >= 15 is 0 Å². The molecule has 0 radical (unpaired) electrons. The molecule has 1 fully saturated rings. The van der Waals surface area contributed by atoms with Gasteiger partial charge >= 0.3 is 6.18 Å². The Bertz CT molecular complexity index is 872. The van der Waals surface area contributed by atoms with Crippen LogP contribution in [0.2, 0.25) is 0 Å². The molecular weight excluding hydrogens is 353 g/mol. The molecule has 0 bridgehead atoms. The predicted octanol–water partition coefficient (Wildman–Crippen LogP) is 1.25. The lowest BCUT2D eigenvalue weighted by Crippen LogP contribution is -2.42. The second-order valence-corrected chi connectivity index (χ2v) is 6.22. The van der Waals surface area contributed by atoms with Gasteiger partial charge in [-0.25, -0.2) is 9.50 Å². The van der Waals surface area contributed by atoms with Gasteiger partial charge in [-0.1, -0.05) is 0 Å². The molecule has 2 aromatic heterocycles. The topological polar surface area (TPSA) is 101 Å². The Morgan fingerprint density at radius 2 is 1.88 bits per heavy atom. The van der Waals surface area contributed by atoms with E-state index in [0.717, 1.165) is 17.4 Å². The average Bonchev–Trinajstić information content (AvgIpc) is 3.31. The van der Waals surface area contributed by atoms with Crippen molar-refractivity contribution in [2.75, 3.05) is 0 Å². The van der Waals surface area contributed by atoms with Crippen LogP contribution in [0.25, 0.3) is 5.78 Å². The number of nitrogens with zero attached hydrogens (tertiary/aromatic N) is 4. The molecule has 3 rings (SSSR count). The standard InChI is InChI=1S/C15H17F3N6O2/c1-7-10(5-6-11(25)21-22-12(26)9-3-4-9)8(2)24-14(19-7)20-13(23-24)15(16,17)18/h9H,3-6H2,1-2H3,(H,21,25)(H,22,26). The van der Waals surface area contributed by atoms with Crippen LogP contribution in [0, 0.1) is 19.8 Å². The molecule has 0 aromatic carbocycles. The first-order chi connectivity index (χ1) is 12.2. The monoisotopic (exact) mass is 370 g/mol. The number of alkyl halides is 3. The summed E-state index contributed by atoms with van der Waals surface area (Å²) in [7, 11) is 0. The van der Waals surface area contributed by atoms with E-state index in [-0.39, 0.29) is 30.4 Å². The summed E-state index contributed by atoms with van der Waals surface area (Å²) >= 11 is 0. The fourth-order valence-electron chi connectivity index (χ4n) is 2.57. The number of fused-ring (bicyclic) bond motifs is 1. The summed E-state index contributed by atoms with van der Waals surface area (Å²) in [6.07, 6.45) is -2.73. The maximum Gasteiger partial charge on any atom is 0.453 e. The van der Waals surface area contributed by atoms with Crippen molar-refractivity contribution < 1.29 is 22.8 Å². The van der Waals surface area contributed by atoms with Gasteiger partial charge in [0.1, 0.15) is 0 Å². The van der Waals surface area contributed by atoms with E-state index < -0.39 is 17.9 Å². The number of rotatable bonds is 4. The highest BCUT2D eigenvalue weighted by Crippen LogP contribution is 2.28. The lowest BCUT2D eigenvalue weighted by molar-refractivity contribution is -0.144. The van der Waals surface area contributed by atoms with Crippen LogP contribution in [0.1, 0.15) is 42.0 Å². The fraction of sp³-hybridized carbons (Fsp3) is 0.533. The van der Waals surface area contributed by atoms with Crippen molar-refractivity contribution in [2.45, 2.75) is 45.7 Å². The van der Waals surface area contributed by atoms with Crippen molar-refractivity contribution in [1.29, 1.82) is 0 Å². The summed E-state index contributed by atoms with van der Waals surface area (Å²) in [5, 5.41) is 3.46. The second kappa shape index (κ2) is 6.54. The summed E-state index contributed by atoms with van der Waals surface area (Å²) in [5.74, 6) is -2.03. The molecular formula is C15H17F3N6O2. The number of amides is 2. The van der Waals surface area contributed by atoms with Crippen molar-refractivity contribution in [3.05, 3.63) is 22.8 Å². The Kier molecular flexibility index (Phi) is 4.55. The molecule has 11 heteroatoms. The number of hydrogen-bond acceptors (Lipinski definition) is 5. The summed E-state index contributed by atoms with van der Waals surface area (Å²) in [4.78, 5) is 30.8. The number of aromatic nitrogens is 4. The van der Waals surface area contributed by atoms with E-state index in [0.29, 0.717) is 17.0 Å². The molecule has 1 aliphatic rings. The predicted molar refractivity (Wildman–Crippen MR) is 82.6 cm³/mol. The van der Waals surface area contributed by atoms with Crippen molar-refractivity contribution in [3.8, 4) is 0 Å². The van der Waals surface area contributed by atoms with Crippen LogP contribution in [0.4, 0.5) is 13.2 Å². The molecule has 0 unspecified atom stereocenters. The van der Waals surface area contributed by atoms with Gasteiger partial charge in [0.2, 0.25) is 11.8 Å². The van der Waals surface area contributed by atoms with Crippen LogP contribution >= 0.6 is 0 Å². The van der Waals surface area contributed by atoms with Gasteiger partial charge in [0.15, 0.2) is 0 Å². The first kappa shape index (κ1) is 18.1. The van der Waals surface area contributed by atoms with Gasteiger partial charge in [-0.3, -0.25) is 20.4 Å². The molecule has 140 valence electrons. The molecule has 0 saturated heterocycles. The number of carbonyl (C=O) groups is 2. The zero-order valence-electron chi connectivity index (χ0n) is 14.1. The number of carbonyl (C=O) groups excluding carboxylic acids is 2. The van der Waals surface area contributed by atoms with Gasteiger partial charge in [-0.05, 0) is 38.7 Å². The molecule has 2 aromatic rings. The van der Waals surface area contributed by atoms with E-state index in [2.05, 4.69) is 25.9 Å². The smallest absolute Gasteiger partial charge is 0.273 e. The summed E-state index contributed by atoms with van der Waals surface area (Å²) in [6, 6.07) is 0. The van der Waals surface area contributed by atoms with E-state index in [1.165, 1.54) is 0 Å². The quantitative estimate of drug-likeness (QED) is 0.789. The molecule has 0 aliphatic heterocycles. The van der Waals surface area contributed by atoms with Crippen LogP contribution in [-0.4, -0.2) is 31.4 Å². The third-order valence-electron chi connectivity index (χ3n) is 4.18. The van der Waals surface area contributed by atoms with Gasteiger partial charge in [-0.15, -0.1) is 5.10 Å². The Morgan fingerprint density at radius 3 is 2.50 bits per heavy atom. The first-order valence-corrected chi connectivity index (χ1v) is 8.05. The molecule has 0 atom stereocenters. The molecule has 26 heavy (non-hydrogen) atoms. The van der Waals surface area contributed by atoms with Gasteiger partial charge < -0.3 is 0 Å². The van der Waals surface area contributed by atoms with Gasteiger partial charge in [0.05, 0.1) is 0 Å². The second-order valence-electron chi connectivity index (χ2n) is 6.22. The van der Waals surface area contributed by atoms with Crippen molar-refractivity contribution in [2.24, 2.45) is 5.92 Å². The highest BCUT2D eigenvalue weighted by Gasteiger charge is 2.37. The van der Waals surface area contributed by atoms with Crippen molar-refractivity contribution in [1.82, 2.24) is 30.4 Å². The maximum atomic E-state index is 12.8. The molecule has 2 heterocycles. The maximum absolute atomic E-state index is 12.8. The fourth-order valence-corrected chi connectivity index (χ4v) is 2.57. The van der Waals surface area contributed by atoms with E-state index in [1.807, 2.05) is 0 Å². The van der Waals surface area contributed by atoms with Crippen LogP contribution in [0.3, 0.4) is 0 Å². The Hall–Kier alpha value is -2.72. The normalized spacial score (nSPS) is 14.5. The third kappa shape index (κ3) is 3.75. The van der Waals surface area contributed by atoms with Crippen molar-refractivity contribution in [3.63, 3.8) is 0 Å². The van der Waals surface area contributed by atoms with E-state index in [4.69, 9.17) is 0 Å². The minimum Gasteiger partial charge on any atom is -0.273 e. The minimum atomic E-state index is -4.66. The zero-order chi connectivity index (χ0) is 19.1. The lowest BCUT2D eigenvalue weighted by Gasteiger charge is -2.11. The lowest BCUT2D eigenvalue weighted by atomic mass is 10.1. The number of halogens is 3. The number of nitrogens with one attached hydrogen (secondary N) is 2. The Labute approximate surface area is 146 Å². The molecule has 1 aliphatic carbocycles. The van der Waals surface area contributed by atoms with Crippen LogP contribution in [-0.2, 0) is 22.2 Å². The van der Waals surface area contributed by atoms with E-state index in [1.54, 1.807) is 13.8 Å². The summed E-state index contributed by atoms with van der Waals surface area (Å²) in [6.45, 7) is 3.23. The average molecular weight is 370 g/mol. The highest BCUT2D eigenvalue weighted by atomic mass is 19.4. The molecule has 2 amide bonds. The molecule has 1 saturated carbocycles. The van der Waals surface area contributed by atoms with Gasteiger partial charge in [-0.2, -0.15) is 18.2 Å². The number of hydrazine groups is 1. The first-order valence-electron chi connectivity index (χ1n) is 8.05. The summed E-state index contributed by atoms with van der Waals surface area (Å²) in [5.41, 5.74) is 6.21. The summed E-state index contributed by atoms with van der Waals surface area (Å²) < 4.78 is 39.3. The van der Waals surface area contributed by atoms with Crippen LogP contribution < -0.4 is 10.9 Å². The third-order valence-corrected chi connectivity index (χ3v) is 4.18. The highest BCUT2D eigenvalue weighted by molar-refractivity contribution is 5.84. The van der Waals surface area contributed by atoms with Gasteiger partial charge in [0, 0.05) is 23.7 Å². The largest absolute Gasteiger partial charge is 0.453 e. The Balaban J connectivity index is 1.70. The molecule has 8 nitrogen and oxygen atoms in total. The number of aryl methyl sites for hydroxylation is 2. The SMILES string of the molecule is Cc1nc2nc(C(F)(F)F)nn2c(C)c1CCC(=O)NNC(=O)C1CC1. The molecule has 0 spiro atoms. The van der Waals surface area contributed by atoms with Gasteiger partial charge in [0.25, 0.3) is 11.6 Å². The van der Waals surface area contributed by atoms with Crippen LogP contribution in [0.5, 0.6) is 0 Å². The Morgan fingerprint density at radius 1 is 1.19 bits per heavy atom.